The van der Waals surface area contributed by atoms with Crippen molar-refractivity contribution in [2.24, 2.45) is 0 Å². The summed E-state index contributed by atoms with van der Waals surface area (Å²) in [4.78, 5) is 11.8. The Morgan fingerprint density at radius 2 is 1.75 bits per heavy atom. The third-order valence-corrected chi connectivity index (χ3v) is 3.80. The first kappa shape index (κ1) is 14.4. The maximum atomic E-state index is 11.1. The molecular formula is C17H16O2S. The van der Waals surface area contributed by atoms with Crippen LogP contribution in [0.5, 0.6) is 0 Å². The fourth-order valence-corrected chi connectivity index (χ4v) is 2.23. The summed E-state index contributed by atoms with van der Waals surface area (Å²) in [5.74, 6) is -1.36. The van der Waals surface area contributed by atoms with Crippen LogP contribution in [0.15, 0.2) is 48.5 Å². The molecule has 0 spiro atoms. The SMILES string of the molecule is Cc1ccc(C(=S)c2cccc(C(C)C(=O)O)c2)cc1. The molecule has 0 aliphatic rings. The normalized spacial score (nSPS) is 11.9. The van der Waals surface area contributed by atoms with Gasteiger partial charge in [-0.15, -0.1) is 0 Å². The van der Waals surface area contributed by atoms with Crippen molar-refractivity contribution in [2.45, 2.75) is 19.8 Å². The van der Waals surface area contributed by atoms with E-state index >= 15 is 0 Å². The van der Waals surface area contributed by atoms with Crippen LogP contribution in [-0.2, 0) is 4.79 Å². The van der Waals surface area contributed by atoms with Gasteiger partial charge in [-0.05, 0) is 36.6 Å². The van der Waals surface area contributed by atoms with Gasteiger partial charge in [-0.1, -0.05) is 60.2 Å². The van der Waals surface area contributed by atoms with E-state index in [9.17, 15) is 4.79 Å². The molecular weight excluding hydrogens is 268 g/mol. The number of aryl methyl sites for hydroxylation is 1. The van der Waals surface area contributed by atoms with Crippen LogP contribution < -0.4 is 0 Å². The predicted octanol–water partition coefficient (Wildman–Crippen LogP) is 3.95. The number of hydrogen-bond donors (Lipinski definition) is 1. The molecule has 0 aromatic heterocycles. The Kier molecular flexibility index (Phi) is 4.30. The molecule has 0 fully saturated rings. The molecule has 0 amide bonds. The number of aliphatic carboxylic acids is 1. The molecule has 1 N–H and O–H groups in total. The van der Waals surface area contributed by atoms with Crippen LogP contribution in [0.2, 0.25) is 0 Å². The van der Waals surface area contributed by atoms with E-state index in [0.29, 0.717) is 0 Å². The molecule has 0 heterocycles. The summed E-state index contributed by atoms with van der Waals surface area (Å²) in [6.45, 7) is 3.71. The summed E-state index contributed by atoms with van der Waals surface area (Å²) in [6, 6.07) is 15.5. The van der Waals surface area contributed by atoms with Crippen molar-refractivity contribution >= 4 is 23.1 Å². The molecule has 2 rings (SSSR count). The number of hydrogen-bond acceptors (Lipinski definition) is 2. The quantitative estimate of drug-likeness (QED) is 0.682. The van der Waals surface area contributed by atoms with Crippen molar-refractivity contribution in [2.75, 3.05) is 0 Å². The highest BCUT2D eigenvalue weighted by Gasteiger charge is 2.14. The summed E-state index contributed by atoms with van der Waals surface area (Å²) < 4.78 is 0. The van der Waals surface area contributed by atoms with Crippen molar-refractivity contribution in [3.8, 4) is 0 Å². The minimum Gasteiger partial charge on any atom is -0.481 e. The van der Waals surface area contributed by atoms with Gasteiger partial charge in [-0.2, -0.15) is 0 Å². The van der Waals surface area contributed by atoms with Gasteiger partial charge in [-0.25, -0.2) is 0 Å². The van der Waals surface area contributed by atoms with E-state index in [2.05, 4.69) is 0 Å². The maximum Gasteiger partial charge on any atom is 0.310 e. The van der Waals surface area contributed by atoms with Crippen molar-refractivity contribution in [1.82, 2.24) is 0 Å². The van der Waals surface area contributed by atoms with E-state index in [-0.39, 0.29) is 0 Å². The van der Waals surface area contributed by atoms with Crippen LogP contribution in [0.25, 0.3) is 0 Å². The molecule has 3 heteroatoms. The average molecular weight is 284 g/mol. The molecule has 0 radical (unpaired) electrons. The summed E-state index contributed by atoms with van der Waals surface area (Å²) in [5, 5.41) is 9.08. The average Bonchev–Trinajstić information content (AvgIpc) is 2.46. The van der Waals surface area contributed by atoms with E-state index in [1.807, 2.05) is 55.5 Å². The van der Waals surface area contributed by atoms with Crippen LogP contribution in [0, 0.1) is 6.92 Å². The van der Waals surface area contributed by atoms with Gasteiger partial charge in [0.05, 0.1) is 10.8 Å². The molecule has 0 aliphatic heterocycles. The minimum atomic E-state index is -0.830. The zero-order valence-corrected chi connectivity index (χ0v) is 12.3. The second-order valence-corrected chi connectivity index (χ2v) is 5.29. The number of carboxylic acid groups (broad SMARTS) is 1. The zero-order chi connectivity index (χ0) is 14.7. The molecule has 0 aliphatic carbocycles. The monoisotopic (exact) mass is 284 g/mol. The second kappa shape index (κ2) is 5.97. The first-order valence-electron chi connectivity index (χ1n) is 6.43. The smallest absolute Gasteiger partial charge is 0.310 e. The molecule has 0 saturated carbocycles. The van der Waals surface area contributed by atoms with Crippen LogP contribution in [0.4, 0.5) is 0 Å². The molecule has 1 unspecified atom stereocenters. The molecule has 0 bridgehead atoms. The first-order valence-corrected chi connectivity index (χ1v) is 6.84. The van der Waals surface area contributed by atoms with E-state index < -0.39 is 11.9 Å². The lowest BCUT2D eigenvalue weighted by Gasteiger charge is -2.10. The molecule has 0 saturated heterocycles. The summed E-state index contributed by atoms with van der Waals surface area (Å²) in [7, 11) is 0. The molecule has 2 aromatic carbocycles. The summed E-state index contributed by atoms with van der Waals surface area (Å²) >= 11 is 5.49. The zero-order valence-electron chi connectivity index (χ0n) is 11.5. The van der Waals surface area contributed by atoms with Crippen molar-refractivity contribution < 1.29 is 9.90 Å². The van der Waals surface area contributed by atoms with Gasteiger partial charge in [0.2, 0.25) is 0 Å². The standard InChI is InChI=1S/C17H16O2S/c1-11-6-8-13(9-7-11)16(20)15-5-3-4-14(10-15)12(2)17(18)19/h3-10,12H,1-2H3,(H,18,19). The molecule has 1 atom stereocenters. The van der Waals surface area contributed by atoms with Crippen molar-refractivity contribution in [3.05, 3.63) is 70.8 Å². The lowest BCUT2D eigenvalue weighted by molar-refractivity contribution is -0.138. The predicted molar refractivity (Wildman–Crippen MR) is 84.5 cm³/mol. The van der Waals surface area contributed by atoms with Crippen LogP contribution in [0.1, 0.15) is 35.1 Å². The number of carboxylic acids is 1. The Labute approximate surface area is 124 Å². The lowest BCUT2D eigenvalue weighted by Crippen LogP contribution is -2.08. The highest BCUT2D eigenvalue weighted by atomic mass is 32.1. The highest BCUT2D eigenvalue weighted by Crippen LogP contribution is 2.19. The maximum absolute atomic E-state index is 11.1. The van der Waals surface area contributed by atoms with Crippen molar-refractivity contribution in [1.29, 1.82) is 0 Å². The molecule has 2 nitrogen and oxygen atoms in total. The highest BCUT2D eigenvalue weighted by molar-refractivity contribution is 7.81. The van der Waals surface area contributed by atoms with Gasteiger partial charge in [0.25, 0.3) is 0 Å². The lowest BCUT2D eigenvalue weighted by atomic mass is 9.96. The van der Waals surface area contributed by atoms with Crippen LogP contribution in [-0.4, -0.2) is 15.9 Å². The number of benzene rings is 2. The first-order chi connectivity index (χ1) is 9.49. The topological polar surface area (TPSA) is 37.3 Å². The molecule has 2 aromatic rings. The Hall–Kier alpha value is -2.00. The summed E-state index contributed by atoms with van der Waals surface area (Å²) in [5.41, 5.74) is 3.81. The van der Waals surface area contributed by atoms with Gasteiger partial charge >= 0.3 is 5.97 Å². The van der Waals surface area contributed by atoms with Gasteiger partial charge in [0.15, 0.2) is 0 Å². The number of carbonyl (C=O) groups is 1. The second-order valence-electron chi connectivity index (χ2n) is 4.88. The van der Waals surface area contributed by atoms with Gasteiger partial charge in [0, 0.05) is 0 Å². The Balaban J connectivity index is 2.33. The third-order valence-electron chi connectivity index (χ3n) is 3.33. The Morgan fingerprint density at radius 1 is 1.10 bits per heavy atom. The Morgan fingerprint density at radius 3 is 2.35 bits per heavy atom. The van der Waals surface area contributed by atoms with Crippen molar-refractivity contribution in [3.63, 3.8) is 0 Å². The molecule has 102 valence electrons. The van der Waals surface area contributed by atoms with E-state index in [4.69, 9.17) is 17.3 Å². The largest absolute Gasteiger partial charge is 0.481 e. The molecule has 20 heavy (non-hydrogen) atoms. The van der Waals surface area contributed by atoms with E-state index in [0.717, 1.165) is 21.6 Å². The fourth-order valence-electron chi connectivity index (χ4n) is 1.96. The van der Waals surface area contributed by atoms with E-state index in [1.54, 1.807) is 6.92 Å². The van der Waals surface area contributed by atoms with Crippen LogP contribution in [0.3, 0.4) is 0 Å². The number of thiocarbonyl (C=S) groups is 1. The van der Waals surface area contributed by atoms with Gasteiger partial charge in [-0.3, -0.25) is 4.79 Å². The van der Waals surface area contributed by atoms with E-state index in [1.165, 1.54) is 5.56 Å². The number of rotatable bonds is 4. The van der Waals surface area contributed by atoms with Gasteiger partial charge in [0.1, 0.15) is 0 Å². The summed E-state index contributed by atoms with van der Waals surface area (Å²) in [6.07, 6.45) is 0. The third kappa shape index (κ3) is 3.11. The Bertz CT molecular complexity index is 644. The minimum absolute atomic E-state index is 0.532. The van der Waals surface area contributed by atoms with Gasteiger partial charge < -0.3 is 5.11 Å². The van der Waals surface area contributed by atoms with Crippen LogP contribution >= 0.6 is 12.2 Å². The fraction of sp³-hybridized carbons (Fsp3) is 0.176.